The van der Waals surface area contributed by atoms with Crippen LogP contribution in [0.1, 0.15) is 66.5 Å². The topological polar surface area (TPSA) is 84.9 Å². The van der Waals surface area contributed by atoms with Crippen molar-refractivity contribution in [3.63, 3.8) is 0 Å². The predicted octanol–water partition coefficient (Wildman–Crippen LogP) is 8.81. The van der Waals surface area contributed by atoms with Gasteiger partial charge in [0, 0.05) is 12.3 Å². The first-order chi connectivity index (χ1) is 25.5. The Kier molecular flexibility index (Phi) is 14.2. The van der Waals surface area contributed by atoms with Gasteiger partial charge in [0.25, 0.3) is 0 Å². The molecule has 2 unspecified atom stereocenters. The van der Waals surface area contributed by atoms with Gasteiger partial charge in [-0.05, 0) is 92.3 Å². The number of hydrogen-bond donors (Lipinski definition) is 0. The minimum absolute atomic E-state index is 0.187. The normalized spacial score (nSPS) is 17.3. The summed E-state index contributed by atoms with van der Waals surface area (Å²) in [4.78, 5) is 15.3. The van der Waals surface area contributed by atoms with Gasteiger partial charge in [0.1, 0.15) is 22.8 Å². The molecule has 0 aromatic heterocycles. The van der Waals surface area contributed by atoms with Gasteiger partial charge in [-0.1, -0.05) is 66.7 Å². The van der Waals surface area contributed by atoms with Crippen molar-refractivity contribution in [2.75, 3.05) is 40.5 Å². The summed E-state index contributed by atoms with van der Waals surface area (Å²) in [5.74, 6) is 2.24. The fourth-order valence-corrected chi connectivity index (χ4v) is 6.56. The third kappa shape index (κ3) is 11.7. The maximum atomic E-state index is 13.5. The minimum Gasteiger partial charge on any atom is -0.496 e. The number of benzene rings is 4. The number of rotatable bonds is 16. The van der Waals surface area contributed by atoms with Crippen LogP contribution < -0.4 is 14.2 Å². The lowest BCUT2D eigenvalue weighted by Crippen LogP contribution is -2.55. The molecule has 0 spiro atoms. The second-order valence-corrected chi connectivity index (χ2v) is 14.5. The van der Waals surface area contributed by atoms with E-state index in [1.807, 2.05) is 89.2 Å². The fraction of sp³-hybridized carbons (Fsp3) is 0.432. The Bertz CT molecular complexity index is 1670. The Hall–Kier alpha value is -4.57. The first-order valence-corrected chi connectivity index (χ1v) is 18.4. The van der Waals surface area contributed by atoms with E-state index in [-0.39, 0.29) is 5.92 Å². The van der Waals surface area contributed by atoms with Crippen LogP contribution in [-0.4, -0.2) is 69.3 Å². The highest BCUT2D eigenvalue weighted by Gasteiger charge is 2.42. The van der Waals surface area contributed by atoms with Crippen molar-refractivity contribution < 1.29 is 38.0 Å². The van der Waals surface area contributed by atoms with Crippen molar-refractivity contribution in [3.05, 3.63) is 124 Å². The molecular weight excluding hydrogens is 670 g/mol. The van der Waals surface area contributed by atoms with Crippen molar-refractivity contribution in [2.45, 2.75) is 84.6 Å². The zero-order valence-corrected chi connectivity index (χ0v) is 32.3. The van der Waals surface area contributed by atoms with Crippen LogP contribution in [0.25, 0.3) is 0 Å². The summed E-state index contributed by atoms with van der Waals surface area (Å²) in [5, 5.41) is 0. The number of hydrogen-bond acceptors (Lipinski definition) is 8. The van der Waals surface area contributed by atoms with Crippen LogP contribution in [0.15, 0.2) is 91.0 Å². The number of piperidine rings is 1. The van der Waals surface area contributed by atoms with E-state index >= 15 is 0 Å². The van der Waals surface area contributed by atoms with Gasteiger partial charge < -0.3 is 38.1 Å². The molecule has 1 aliphatic heterocycles. The number of amides is 1. The summed E-state index contributed by atoms with van der Waals surface area (Å²) in [6.45, 7) is 12.8. The molecule has 2 atom stereocenters. The average Bonchev–Trinajstić information content (AvgIpc) is 3.14. The molecule has 0 bridgehead atoms. The number of ether oxygens (including phenoxy) is 7. The molecule has 4 aromatic rings. The largest absolute Gasteiger partial charge is 0.496 e. The molecule has 9 nitrogen and oxygen atoms in total. The lowest BCUT2D eigenvalue weighted by molar-refractivity contribution is -0.100. The average molecular weight is 726 g/mol. The third-order valence-electron chi connectivity index (χ3n) is 9.18. The van der Waals surface area contributed by atoms with E-state index in [9.17, 15) is 4.79 Å². The molecule has 9 heteroatoms. The van der Waals surface area contributed by atoms with Crippen molar-refractivity contribution in [3.8, 4) is 17.2 Å². The van der Waals surface area contributed by atoms with E-state index in [2.05, 4.69) is 36.4 Å². The quantitative estimate of drug-likeness (QED) is 0.106. The number of methoxy groups -OCH3 is 2. The lowest BCUT2D eigenvalue weighted by Gasteiger charge is -2.43. The van der Waals surface area contributed by atoms with Gasteiger partial charge in [-0.2, -0.15) is 0 Å². The highest BCUT2D eigenvalue weighted by atomic mass is 16.6. The van der Waals surface area contributed by atoms with Crippen molar-refractivity contribution >= 4 is 6.09 Å². The van der Waals surface area contributed by atoms with Crippen LogP contribution in [0, 0.1) is 13.8 Å². The molecule has 1 aliphatic rings. The van der Waals surface area contributed by atoms with Crippen molar-refractivity contribution in [1.29, 1.82) is 0 Å². The van der Waals surface area contributed by atoms with Crippen LogP contribution in [0.2, 0.25) is 0 Å². The van der Waals surface area contributed by atoms with Gasteiger partial charge in [-0.3, -0.25) is 0 Å². The number of carbonyl (C=O) groups is 1. The third-order valence-corrected chi connectivity index (χ3v) is 9.18. The summed E-state index contributed by atoms with van der Waals surface area (Å²) in [6, 6.07) is 30.4. The van der Waals surface area contributed by atoms with Crippen molar-refractivity contribution in [1.82, 2.24) is 4.90 Å². The molecule has 4 aromatic carbocycles. The van der Waals surface area contributed by atoms with Gasteiger partial charge in [0.05, 0.1) is 72.6 Å². The summed E-state index contributed by atoms with van der Waals surface area (Å²) < 4.78 is 42.2. The van der Waals surface area contributed by atoms with Gasteiger partial charge in [-0.15, -0.1) is 0 Å². The standard InChI is InChI=1S/C44H55NO8/c1-31-24-34(14-20-38(31)47-6)29-51-40-26-45(43(46)53-44(3,4)5)27-41(52-30-35-15-21-39(48-7)32(2)25-35)42(40)36-16-18-37(19-17-36)50-23-11-22-49-28-33-12-9-8-10-13-33/h8-10,12-21,24-25,40-42H,11,22-23,26-30H2,1-7H3. The minimum atomic E-state index is -0.647. The maximum Gasteiger partial charge on any atom is 0.410 e. The van der Waals surface area contributed by atoms with E-state index in [0.717, 1.165) is 57.1 Å². The summed E-state index contributed by atoms with van der Waals surface area (Å²) in [5.41, 5.74) is 5.63. The summed E-state index contributed by atoms with van der Waals surface area (Å²) in [6.07, 6.45) is -0.404. The van der Waals surface area contributed by atoms with E-state index in [1.165, 1.54) is 0 Å². The van der Waals surface area contributed by atoms with Gasteiger partial charge in [0.15, 0.2) is 0 Å². The molecule has 284 valence electrons. The molecule has 53 heavy (non-hydrogen) atoms. The number of carbonyl (C=O) groups excluding carboxylic acids is 1. The Morgan fingerprint density at radius 1 is 0.698 bits per heavy atom. The van der Waals surface area contributed by atoms with Crippen LogP contribution >= 0.6 is 0 Å². The first-order valence-electron chi connectivity index (χ1n) is 18.4. The Morgan fingerprint density at radius 2 is 1.26 bits per heavy atom. The molecule has 0 aliphatic carbocycles. The zero-order valence-electron chi connectivity index (χ0n) is 32.3. The number of aryl methyl sites for hydroxylation is 2. The molecule has 1 saturated heterocycles. The second kappa shape index (κ2) is 19.0. The maximum absolute atomic E-state index is 13.5. The molecule has 1 fully saturated rings. The Labute approximate surface area is 315 Å². The molecule has 0 radical (unpaired) electrons. The molecule has 5 rings (SSSR count). The lowest BCUT2D eigenvalue weighted by atomic mass is 9.84. The molecule has 1 amide bonds. The SMILES string of the molecule is COc1ccc(COC2CN(C(=O)OC(C)(C)C)CC(OCc3ccc(OC)c(C)c3)C2c2ccc(OCCCOCc3ccccc3)cc2)cc1C. The van der Waals surface area contributed by atoms with E-state index < -0.39 is 23.9 Å². The van der Waals surface area contributed by atoms with E-state index in [0.29, 0.717) is 46.1 Å². The molecule has 1 heterocycles. The van der Waals surface area contributed by atoms with Gasteiger partial charge >= 0.3 is 6.09 Å². The van der Waals surface area contributed by atoms with Gasteiger partial charge in [-0.25, -0.2) is 4.79 Å². The van der Waals surface area contributed by atoms with Crippen LogP contribution in [0.5, 0.6) is 17.2 Å². The Balaban J connectivity index is 1.34. The Morgan fingerprint density at radius 3 is 1.77 bits per heavy atom. The highest BCUT2D eigenvalue weighted by molar-refractivity contribution is 5.68. The molecule has 0 N–H and O–H groups in total. The monoisotopic (exact) mass is 725 g/mol. The van der Waals surface area contributed by atoms with Gasteiger partial charge in [0.2, 0.25) is 0 Å². The molecule has 0 saturated carbocycles. The summed E-state index contributed by atoms with van der Waals surface area (Å²) in [7, 11) is 3.34. The van der Waals surface area contributed by atoms with Crippen LogP contribution in [-0.2, 0) is 38.8 Å². The van der Waals surface area contributed by atoms with Crippen molar-refractivity contribution in [2.24, 2.45) is 0 Å². The van der Waals surface area contributed by atoms with E-state index in [4.69, 9.17) is 33.2 Å². The second-order valence-electron chi connectivity index (χ2n) is 14.5. The fourth-order valence-electron chi connectivity index (χ4n) is 6.56. The molecular formula is C44H55NO8. The first kappa shape index (κ1) is 39.6. The predicted molar refractivity (Wildman–Crippen MR) is 206 cm³/mol. The number of nitrogens with zero attached hydrogens (tertiary/aromatic N) is 1. The number of likely N-dealkylation sites (tertiary alicyclic amines) is 1. The van der Waals surface area contributed by atoms with E-state index in [1.54, 1.807) is 19.1 Å². The highest BCUT2D eigenvalue weighted by Crippen LogP contribution is 2.36. The summed E-state index contributed by atoms with van der Waals surface area (Å²) >= 11 is 0. The van der Waals surface area contributed by atoms with Crippen LogP contribution in [0.4, 0.5) is 4.79 Å². The van der Waals surface area contributed by atoms with Crippen LogP contribution in [0.3, 0.4) is 0 Å². The zero-order chi connectivity index (χ0) is 37.8. The smallest absolute Gasteiger partial charge is 0.410 e.